The van der Waals surface area contributed by atoms with Crippen LogP contribution in [0.25, 0.3) is 0 Å². The molecule has 0 aromatic heterocycles. The molecule has 0 amide bonds. The van der Waals surface area contributed by atoms with E-state index < -0.39 is 16.6 Å². The Bertz CT molecular complexity index is 487. The summed E-state index contributed by atoms with van der Waals surface area (Å²) >= 11 is 0. The second kappa shape index (κ2) is 3.84. The van der Waals surface area contributed by atoms with E-state index in [1.807, 2.05) is 6.07 Å². The van der Waals surface area contributed by atoms with Crippen LogP contribution in [0.15, 0.2) is 24.3 Å². The first-order valence-electron chi connectivity index (χ1n) is 5.55. The third-order valence-electron chi connectivity index (χ3n) is 3.10. The number of rotatable bonds is 0. The van der Waals surface area contributed by atoms with Crippen LogP contribution in [-0.4, -0.2) is 27.5 Å². The Morgan fingerprint density at radius 3 is 2.59 bits per heavy atom. The summed E-state index contributed by atoms with van der Waals surface area (Å²) in [5, 5.41) is 0. The topological polar surface area (TPSA) is 52.6 Å². The Labute approximate surface area is 101 Å². The molecule has 17 heavy (non-hydrogen) atoms. The highest BCUT2D eigenvalue weighted by atomic mass is 32.2. The summed E-state index contributed by atoms with van der Waals surface area (Å²) in [6.07, 6.45) is 0.999. The zero-order valence-electron chi connectivity index (χ0n) is 9.18. The van der Waals surface area contributed by atoms with Crippen LogP contribution in [0, 0.1) is 0 Å². The minimum atomic E-state index is -0.890. The lowest BCUT2D eigenvalue weighted by Crippen LogP contribution is -2.49. The number of carbonyl (C=O) groups excluding carboxylic acids is 1. The van der Waals surface area contributed by atoms with Crippen molar-refractivity contribution < 1.29 is 18.5 Å². The predicted octanol–water partition coefficient (Wildman–Crippen LogP) is 1.47. The standard InChI is InChI=1S/C12H12O4S/c13-11-9-3-1-2-4-10(9)15-12(16-11)5-7-17(14)8-6-12/h1-4H,5-8H2. The fraction of sp³-hybridized carbons (Fsp3) is 0.417. The number of ether oxygens (including phenoxy) is 2. The minimum Gasteiger partial charge on any atom is -0.451 e. The second-order valence-electron chi connectivity index (χ2n) is 4.25. The van der Waals surface area contributed by atoms with Gasteiger partial charge in [0, 0.05) is 35.1 Å². The number of esters is 1. The number of fused-ring (bicyclic) bond motifs is 1. The minimum absolute atomic E-state index is 0.348. The molecule has 0 bridgehead atoms. The van der Waals surface area contributed by atoms with Gasteiger partial charge in [0.15, 0.2) is 0 Å². The molecule has 0 saturated carbocycles. The largest absolute Gasteiger partial charge is 0.451 e. The second-order valence-corrected chi connectivity index (χ2v) is 5.94. The molecule has 1 aromatic carbocycles. The van der Waals surface area contributed by atoms with Gasteiger partial charge in [-0.05, 0) is 12.1 Å². The summed E-state index contributed by atoms with van der Waals surface area (Å²) in [6, 6.07) is 7.05. The van der Waals surface area contributed by atoms with Gasteiger partial charge in [-0.2, -0.15) is 0 Å². The highest BCUT2D eigenvalue weighted by Gasteiger charge is 2.44. The Balaban J connectivity index is 1.93. The molecule has 5 heteroatoms. The van der Waals surface area contributed by atoms with Crippen molar-refractivity contribution in [1.29, 1.82) is 0 Å². The fourth-order valence-electron chi connectivity index (χ4n) is 2.14. The third kappa shape index (κ3) is 1.84. The summed E-state index contributed by atoms with van der Waals surface area (Å²) in [4.78, 5) is 11.9. The van der Waals surface area contributed by atoms with Gasteiger partial charge in [-0.1, -0.05) is 12.1 Å². The molecular weight excluding hydrogens is 240 g/mol. The van der Waals surface area contributed by atoms with Crippen LogP contribution >= 0.6 is 0 Å². The van der Waals surface area contributed by atoms with Crippen molar-refractivity contribution in [1.82, 2.24) is 0 Å². The van der Waals surface area contributed by atoms with Crippen LogP contribution in [0.1, 0.15) is 23.2 Å². The molecule has 1 fully saturated rings. The lowest BCUT2D eigenvalue weighted by Gasteiger charge is -2.39. The fourth-order valence-corrected chi connectivity index (χ4v) is 3.42. The Morgan fingerprint density at radius 2 is 1.82 bits per heavy atom. The van der Waals surface area contributed by atoms with Crippen molar-refractivity contribution in [3.63, 3.8) is 0 Å². The Morgan fingerprint density at radius 1 is 1.12 bits per heavy atom. The summed E-state index contributed by atoms with van der Waals surface area (Å²) in [6.45, 7) is 0. The maximum Gasteiger partial charge on any atom is 0.345 e. The first-order valence-corrected chi connectivity index (χ1v) is 7.04. The normalized spacial score (nSPS) is 31.5. The molecule has 2 heterocycles. The molecule has 1 spiro atoms. The molecule has 0 atom stereocenters. The molecule has 2 aliphatic heterocycles. The average molecular weight is 252 g/mol. The average Bonchev–Trinajstić information content (AvgIpc) is 2.34. The van der Waals surface area contributed by atoms with Gasteiger partial charge in [-0.25, -0.2) is 4.79 Å². The van der Waals surface area contributed by atoms with Crippen LogP contribution in [0.3, 0.4) is 0 Å². The molecule has 1 saturated heterocycles. The van der Waals surface area contributed by atoms with E-state index in [9.17, 15) is 9.00 Å². The van der Waals surface area contributed by atoms with Crippen molar-refractivity contribution in [2.45, 2.75) is 18.6 Å². The zero-order valence-corrected chi connectivity index (χ0v) is 10.00. The maximum atomic E-state index is 11.9. The van der Waals surface area contributed by atoms with E-state index >= 15 is 0 Å². The van der Waals surface area contributed by atoms with E-state index in [2.05, 4.69) is 0 Å². The first-order chi connectivity index (χ1) is 8.19. The molecule has 3 rings (SSSR count). The number of benzene rings is 1. The summed E-state index contributed by atoms with van der Waals surface area (Å²) in [5.41, 5.74) is 0.463. The summed E-state index contributed by atoms with van der Waals surface area (Å²) in [5.74, 6) is 0.375. The number of hydrogen-bond donors (Lipinski definition) is 0. The first kappa shape index (κ1) is 10.8. The van der Waals surface area contributed by atoms with E-state index in [4.69, 9.17) is 9.47 Å². The zero-order chi connectivity index (χ0) is 11.9. The van der Waals surface area contributed by atoms with Crippen LogP contribution in [0.5, 0.6) is 5.75 Å². The van der Waals surface area contributed by atoms with Crippen LogP contribution in [0.2, 0.25) is 0 Å². The molecule has 0 unspecified atom stereocenters. The van der Waals surface area contributed by atoms with Gasteiger partial charge in [-0.3, -0.25) is 4.21 Å². The van der Waals surface area contributed by atoms with E-state index in [1.54, 1.807) is 18.2 Å². The maximum absolute atomic E-state index is 11.9. The van der Waals surface area contributed by atoms with Gasteiger partial charge in [0.1, 0.15) is 11.3 Å². The number of para-hydroxylation sites is 1. The quantitative estimate of drug-likeness (QED) is 0.656. The molecule has 1 aromatic rings. The van der Waals surface area contributed by atoms with Gasteiger partial charge in [0.05, 0.1) is 0 Å². The van der Waals surface area contributed by atoms with Crippen molar-refractivity contribution in [3.8, 4) is 5.75 Å². The Hall–Kier alpha value is -1.36. The predicted molar refractivity (Wildman–Crippen MR) is 62.3 cm³/mol. The number of hydrogen-bond acceptors (Lipinski definition) is 4. The monoisotopic (exact) mass is 252 g/mol. The molecular formula is C12H12O4S. The van der Waals surface area contributed by atoms with Gasteiger partial charge in [0.2, 0.25) is 0 Å². The van der Waals surface area contributed by atoms with Crippen LogP contribution < -0.4 is 4.74 Å². The molecule has 0 radical (unpaired) electrons. The van der Waals surface area contributed by atoms with E-state index in [1.165, 1.54) is 0 Å². The SMILES string of the molecule is O=C1OC2(CCS(=O)CC2)Oc2ccccc21. The smallest absolute Gasteiger partial charge is 0.345 e. The highest BCUT2D eigenvalue weighted by molar-refractivity contribution is 7.85. The third-order valence-corrected chi connectivity index (χ3v) is 4.42. The highest BCUT2D eigenvalue weighted by Crippen LogP contribution is 2.37. The van der Waals surface area contributed by atoms with Crippen LogP contribution in [-0.2, 0) is 15.5 Å². The van der Waals surface area contributed by atoms with Crippen molar-refractivity contribution in [3.05, 3.63) is 29.8 Å². The van der Waals surface area contributed by atoms with E-state index in [0.29, 0.717) is 35.7 Å². The number of carbonyl (C=O) groups is 1. The molecule has 0 aliphatic carbocycles. The van der Waals surface area contributed by atoms with Crippen LogP contribution in [0.4, 0.5) is 0 Å². The van der Waals surface area contributed by atoms with Gasteiger partial charge in [-0.15, -0.1) is 0 Å². The van der Waals surface area contributed by atoms with Gasteiger partial charge < -0.3 is 9.47 Å². The van der Waals surface area contributed by atoms with Crippen molar-refractivity contribution in [2.24, 2.45) is 0 Å². The van der Waals surface area contributed by atoms with Crippen molar-refractivity contribution >= 4 is 16.8 Å². The Kier molecular flexibility index (Phi) is 2.43. The molecule has 2 aliphatic rings. The van der Waals surface area contributed by atoms with Crippen molar-refractivity contribution in [2.75, 3.05) is 11.5 Å². The molecule has 4 nitrogen and oxygen atoms in total. The summed E-state index contributed by atoms with van der Waals surface area (Å²) < 4.78 is 22.5. The molecule has 90 valence electrons. The summed E-state index contributed by atoms with van der Waals surface area (Å²) in [7, 11) is -0.808. The lowest BCUT2D eigenvalue weighted by atomic mass is 10.1. The van der Waals surface area contributed by atoms with Gasteiger partial charge in [0.25, 0.3) is 5.79 Å². The van der Waals surface area contributed by atoms with E-state index in [-0.39, 0.29) is 5.97 Å². The van der Waals surface area contributed by atoms with Gasteiger partial charge >= 0.3 is 5.97 Å². The lowest BCUT2D eigenvalue weighted by molar-refractivity contribution is -0.158. The molecule has 0 N–H and O–H groups in total. The van der Waals surface area contributed by atoms with E-state index in [0.717, 1.165) is 0 Å².